The van der Waals surface area contributed by atoms with Crippen molar-refractivity contribution in [1.29, 1.82) is 0 Å². The van der Waals surface area contributed by atoms with Crippen LogP contribution in [0.1, 0.15) is 16.8 Å². The Balaban J connectivity index is 2.02. The topological polar surface area (TPSA) is 63.8 Å². The van der Waals surface area contributed by atoms with Crippen molar-refractivity contribution in [2.75, 3.05) is 5.32 Å². The number of aryl methyl sites for hydroxylation is 1. The van der Waals surface area contributed by atoms with Gasteiger partial charge in [0.25, 0.3) is 0 Å². The van der Waals surface area contributed by atoms with Crippen LogP contribution in [0.3, 0.4) is 0 Å². The molecule has 0 spiro atoms. The molecule has 0 aliphatic heterocycles. The maximum absolute atomic E-state index is 5.49. The maximum Gasteiger partial charge on any atom is 0.122 e. The molecule has 0 amide bonds. The number of pyridine rings is 2. The van der Waals surface area contributed by atoms with Crippen LogP contribution in [0.2, 0.25) is 0 Å². The second-order valence-electron chi connectivity index (χ2n) is 3.95. The first-order chi connectivity index (χ1) is 8.66. The van der Waals surface area contributed by atoms with Gasteiger partial charge < -0.3 is 11.1 Å². The number of nitrogens with zero attached hydrogens (tertiary/aromatic N) is 2. The van der Waals surface area contributed by atoms with Gasteiger partial charge in [-0.2, -0.15) is 0 Å². The van der Waals surface area contributed by atoms with Gasteiger partial charge in [0.2, 0.25) is 0 Å². The van der Waals surface area contributed by atoms with Crippen molar-refractivity contribution < 1.29 is 0 Å². The second-order valence-corrected chi connectivity index (χ2v) is 4.39. The molecule has 3 N–H and O–H groups in total. The Morgan fingerprint density at radius 3 is 2.78 bits per heavy atom. The predicted molar refractivity (Wildman–Crippen MR) is 76.4 cm³/mol. The maximum atomic E-state index is 5.49. The number of hydrogen-bond acceptors (Lipinski definition) is 4. The number of nitrogens with one attached hydrogen (secondary N) is 1. The summed E-state index contributed by atoms with van der Waals surface area (Å²) in [4.78, 5) is 8.58. The predicted octanol–water partition coefficient (Wildman–Crippen LogP) is 2.03. The van der Waals surface area contributed by atoms with Crippen molar-refractivity contribution in [3.63, 3.8) is 0 Å². The Morgan fingerprint density at radius 2 is 2.17 bits per heavy atom. The second kappa shape index (κ2) is 5.55. The highest BCUT2D eigenvalue weighted by Crippen LogP contribution is 2.10. The number of hydrogen-bond donors (Lipinski definition) is 2. The number of anilines is 1. The van der Waals surface area contributed by atoms with E-state index in [-0.39, 0.29) is 0 Å². The van der Waals surface area contributed by atoms with Crippen LogP contribution in [0.4, 0.5) is 5.69 Å². The van der Waals surface area contributed by atoms with Crippen LogP contribution < -0.4 is 11.1 Å². The van der Waals surface area contributed by atoms with E-state index >= 15 is 0 Å². The van der Waals surface area contributed by atoms with Crippen molar-refractivity contribution in [3.05, 3.63) is 53.6 Å². The summed E-state index contributed by atoms with van der Waals surface area (Å²) < 4.78 is 0. The lowest BCUT2D eigenvalue weighted by Crippen LogP contribution is -2.11. The molecule has 0 fully saturated rings. The third kappa shape index (κ3) is 3.01. The van der Waals surface area contributed by atoms with Gasteiger partial charge in [-0.25, -0.2) is 0 Å². The number of thiocarbonyl (C=S) groups is 1. The molecule has 0 aliphatic rings. The van der Waals surface area contributed by atoms with E-state index in [9.17, 15) is 0 Å². The molecule has 0 aliphatic carbocycles. The summed E-state index contributed by atoms with van der Waals surface area (Å²) in [6, 6.07) is 5.71. The molecule has 5 heteroatoms. The van der Waals surface area contributed by atoms with Gasteiger partial charge in [-0.05, 0) is 36.2 Å². The van der Waals surface area contributed by atoms with E-state index in [4.69, 9.17) is 18.0 Å². The average molecular weight is 258 g/mol. The molecular formula is C13H14N4S. The molecule has 92 valence electrons. The molecule has 0 unspecified atom stereocenters. The van der Waals surface area contributed by atoms with E-state index in [0.717, 1.165) is 11.3 Å². The summed E-state index contributed by atoms with van der Waals surface area (Å²) >= 11 is 4.85. The van der Waals surface area contributed by atoms with Crippen molar-refractivity contribution >= 4 is 22.9 Å². The van der Waals surface area contributed by atoms with Gasteiger partial charge >= 0.3 is 0 Å². The summed E-state index contributed by atoms with van der Waals surface area (Å²) in [6.07, 6.45) is 5.37. The van der Waals surface area contributed by atoms with Gasteiger partial charge in [-0.1, -0.05) is 12.2 Å². The molecule has 4 nitrogen and oxygen atoms in total. The molecule has 2 aromatic rings. The smallest absolute Gasteiger partial charge is 0.122 e. The van der Waals surface area contributed by atoms with E-state index in [1.165, 1.54) is 5.56 Å². The van der Waals surface area contributed by atoms with Gasteiger partial charge in [-0.15, -0.1) is 0 Å². The van der Waals surface area contributed by atoms with Crippen LogP contribution in [0.5, 0.6) is 0 Å². The van der Waals surface area contributed by atoms with E-state index < -0.39 is 0 Å². The van der Waals surface area contributed by atoms with E-state index in [2.05, 4.69) is 22.2 Å². The zero-order chi connectivity index (χ0) is 13.0. The fraction of sp³-hybridized carbons (Fsp3) is 0.154. The van der Waals surface area contributed by atoms with E-state index in [1.807, 2.05) is 18.3 Å². The lowest BCUT2D eigenvalue weighted by molar-refractivity contribution is 1.08. The highest BCUT2D eigenvalue weighted by Gasteiger charge is 2.00. The summed E-state index contributed by atoms with van der Waals surface area (Å²) in [5.41, 5.74) is 9.43. The third-order valence-electron chi connectivity index (χ3n) is 2.65. The molecule has 2 aromatic heterocycles. The Morgan fingerprint density at radius 1 is 1.33 bits per heavy atom. The summed E-state index contributed by atoms with van der Waals surface area (Å²) in [5, 5.41) is 3.28. The van der Waals surface area contributed by atoms with Gasteiger partial charge in [0.15, 0.2) is 0 Å². The zero-order valence-corrected chi connectivity index (χ0v) is 10.9. The lowest BCUT2D eigenvalue weighted by Gasteiger charge is -2.08. The summed E-state index contributed by atoms with van der Waals surface area (Å²) in [7, 11) is 0. The van der Waals surface area contributed by atoms with Crippen LogP contribution in [0.15, 0.2) is 36.8 Å². The largest absolute Gasteiger partial charge is 0.388 e. The standard InChI is InChI=1S/C13H14N4S/c1-9-4-5-15-6-10(9)7-16-11-2-3-12(13(14)18)17-8-11/h2-6,8,16H,7H2,1H3,(H2,14,18). The molecule has 0 aromatic carbocycles. The molecule has 2 rings (SSSR count). The van der Waals surface area contributed by atoms with Crippen LogP contribution in [0.25, 0.3) is 0 Å². The molecule has 0 radical (unpaired) electrons. The van der Waals surface area contributed by atoms with Gasteiger partial charge in [0, 0.05) is 18.9 Å². The molecular weight excluding hydrogens is 244 g/mol. The highest BCUT2D eigenvalue weighted by atomic mass is 32.1. The fourth-order valence-corrected chi connectivity index (χ4v) is 1.64. The first kappa shape index (κ1) is 12.4. The minimum atomic E-state index is 0.310. The molecule has 0 saturated heterocycles. The number of rotatable bonds is 4. The molecule has 2 heterocycles. The molecule has 0 bridgehead atoms. The minimum Gasteiger partial charge on any atom is -0.388 e. The minimum absolute atomic E-state index is 0.310. The first-order valence-electron chi connectivity index (χ1n) is 5.56. The summed E-state index contributed by atoms with van der Waals surface area (Å²) in [6.45, 7) is 2.78. The van der Waals surface area contributed by atoms with Gasteiger partial charge in [-0.3, -0.25) is 9.97 Å². The van der Waals surface area contributed by atoms with Crippen molar-refractivity contribution in [2.24, 2.45) is 5.73 Å². The van der Waals surface area contributed by atoms with Gasteiger partial charge in [0.1, 0.15) is 4.99 Å². The molecule has 0 atom stereocenters. The van der Waals surface area contributed by atoms with Crippen LogP contribution in [-0.4, -0.2) is 15.0 Å². The van der Waals surface area contributed by atoms with E-state index in [0.29, 0.717) is 17.2 Å². The first-order valence-corrected chi connectivity index (χ1v) is 5.97. The summed E-state index contributed by atoms with van der Waals surface area (Å²) in [5.74, 6) is 0. The van der Waals surface area contributed by atoms with Crippen molar-refractivity contribution in [2.45, 2.75) is 13.5 Å². The van der Waals surface area contributed by atoms with Gasteiger partial charge in [0.05, 0.1) is 17.6 Å². The van der Waals surface area contributed by atoms with Crippen LogP contribution in [0, 0.1) is 6.92 Å². The zero-order valence-electron chi connectivity index (χ0n) is 10.1. The van der Waals surface area contributed by atoms with E-state index in [1.54, 1.807) is 18.5 Å². The average Bonchev–Trinajstić information content (AvgIpc) is 2.38. The normalized spacial score (nSPS) is 10.1. The third-order valence-corrected chi connectivity index (χ3v) is 2.86. The highest BCUT2D eigenvalue weighted by molar-refractivity contribution is 7.80. The quantitative estimate of drug-likeness (QED) is 0.822. The van der Waals surface area contributed by atoms with Crippen LogP contribution >= 0.6 is 12.2 Å². The Bertz CT molecular complexity index is 551. The fourth-order valence-electron chi connectivity index (χ4n) is 1.52. The molecule has 0 saturated carbocycles. The number of aromatic nitrogens is 2. The van der Waals surface area contributed by atoms with Crippen molar-refractivity contribution in [1.82, 2.24) is 9.97 Å². The van der Waals surface area contributed by atoms with Crippen LogP contribution in [-0.2, 0) is 6.54 Å². The Hall–Kier alpha value is -2.01. The lowest BCUT2D eigenvalue weighted by atomic mass is 10.1. The Labute approximate surface area is 111 Å². The number of nitrogens with two attached hydrogens (primary N) is 1. The Kier molecular flexibility index (Phi) is 3.84. The van der Waals surface area contributed by atoms with Crippen molar-refractivity contribution in [3.8, 4) is 0 Å². The molecule has 18 heavy (non-hydrogen) atoms. The SMILES string of the molecule is Cc1ccncc1CNc1ccc(C(N)=S)nc1. The monoisotopic (exact) mass is 258 g/mol.